The van der Waals surface area contributed by atoms with Crippen LogP contribution in [0.1, 0.15) is 38.4 Å². The van der Waals surface area contributed by atoms with Gasteiger partial charge in [0.05, 0.1) is 0 Å². The lowest BCUT2D eigenvalue weighted by molar-refractivity contribution is 0.289. The summed E-state index contributed by atoms with van der Waals surface area (Å²) < 4.78 is 0. The van der Waals surface area contributed by atoms with E-state index in [1.165, 1.54) is 5.56 Å². The monoisotopic (exact) mass is 249 g/mol. The summed E-state index contributed by atoms with van der Waals surface area (Å²) in [4.78, 5) is 6.87. The van der Waals surface area contributed by atoms with Crippen LogP contribution in [0, 0.1) is 0 Å². The van der Waals surface area contributed by atoms with Crippen LogP contribution in [0.2, 0.25) is 0 Å². The summed E-state index contributed by atoms with van der Waals surface area (Å²) in [5, 5.41) is 0. The van der Waals surface area contributed by atoms with Gasteiger partial charge in [0.15, 0.2) is 0 Å². The van der Waals surface area contributed by atoms with E-state index in [-0.39, 0.29) is 6.04 Å². The molecule has 3 heteroatoms. The molecule has 0 aliphatic rings. The third-order valence-corrected chi connectivity index (χ3v) is 3.48. The van der Waals surface area contributed by atoms with Gasteiger partial charge in [-0.3, -0.25) is 4.98 Å². The number of aromatic nitrogens is 1. The summed E-state index contributed by atoms with van der Waals surface area (Å²) >= 11 is 0. The molecule has 1 atom stereocenters. The number of hydrogen-bond donors (Lipinski definition) is 1. The molecule has 1 aromatic rings. The van der Waals surface area contributed by atoms with Crippen LogP contribution in [0.4, 0.5) is 0 Å². The highest BCUT2D eigenvalue weighted by molar-refractivity contribution is 5.14. The molecule has 0 aliphatic heterocycles. The predicted octanol–water partition coefficient (Wildman–Crippen LogP) is 2.25. The highest BCUT2D eigenvalue weighted by Gasteiger charge is 2.07. The van der Waals surface area contributed by atoms with Gasteiger partial charge < -0.3 is 10.6 Å². The van der Waals surface area contributed by atoms with E-state index in [9.17, 15) is 0 Å². The summed E-state index contributed by atoms with van der Waals surface area (Å²) in [6.07, 6.45) is 4.93. The van der Waals surface area contributed by atoms with E-state index in [0.29, 0.717) is 0 Å². The zero-order valence-corrected chi connectivity index (χ0v) is 12.0. The molecule has 2 N–H and O–H groups in total. The van der Waals surface area contributed by atoms with Crippen molar-refractivity contribution in [3.8, 4) is 0 Å². The second kappa shape index (κ2) is 8.22. The molecule has 1 heterocycles. The van der Waals surface area contributed by atoms with E-state index in [1.54, 1.807) is 0 Å². The number of rotatable bonds is 8. The third-order valence-electron chi connectivity index (χ3n) is 3.48. The van der Waals surface area contributed by atoms with E-state index in [4.69, 9.17) is 5.73 Å². The maximum atomic E-state index is 6.17. The minimum atomic E-state index is 0.213. The van der Waals surface area contributed by atoms with Gasteiger partial charge in [0.25, 0.3) is 0 Å². The van der Waals surface area contributed by atoms with Gasteiger partial charge in [0.2, 0.25) is 0 Å². The summed E-state index contributed by atoms with van der Waals surface area (Å²) in [6.45, 7) is 9.83. The van der Waals surface area contributed by atoms with Gasteiger partial charge in [0, 0.05) is 24.4 Å². The van der Waals surface area contributed by atoms with E-state index in [0.717, 1.165) is 44.6 Å². The summed E-state index contributed by atoms with van der Waals surface area (Å²) in [7, 11) is 0. The Morgan fingerprint density at radius 2 is 1.94 bits per heavy atom. The first-order valence-corrected chi connectivity index (χ1v) is 7.11. The standard InChI is InChI=1S/C15H27N3/c1-4-13-7-8-15(17-12-13)11-14(16)9-10-18(5-2)6-3/h7-8,12,14H,4-6,9-11,16H2,1-3H3. The Labute approximate surface area is 111 Å². The normalized spacial score (nSPS) is 12.9. The number of hydrogen-bond acceptors (Lipinski definition) is 3. The van der Waals surface area contributed by atoms with Crippen LogP contribution in [-0.4, -0.2) is 35.6 Å². The maximum absolute atomic E-state index is 6.17. The molecule has 0 radical (unpaired) electrons. The van der Waals surface area contributed by atoms with Gasteiger partial charge in [-0.1, -0.05) is 26.8 Å². The number of nitrogens with two attached hydrogens (primary N) is 1. The first-order valence-electron chi connectivity index (χ1n) is 7.11. The summed E-state index contributed by atoms with van der Waals surface area (Å²) in [6, 6.07) is 4.47. The fraction of sp³-hybridized carbons (Fsp3) is 0.667. The second-order valence-corrected chi connectivity index (χ2v) is 4.79. The first-order chi connectivity index (χ1) is 8.69. The van der Waals surface area contributed by atoms with E-state index < -0.39 is 0 Å². The lowest BCUT2D eigenvalue weighted by Crippen LogP contribution is -2.31. The zero-order valence-electron chi connectivity index (χ0n) is 12.0. The highest BCUT2D eigenvalue weighted by Crippen LogP contribution is 2.05. The van der Waals surface area contributed by atoms with Crippen molar-refractivity contribution in [3.05, 3.63) is 29.6 Å². The molecule has 1 rings (SSSR count). The lowest BCUT2D eigenvalue weighted by Gasteiger charge is -2.20. The molecule has 0 amide bonds. The minimum Gasteiger partial charge on any atom is -0.327 e. The van der Waals surface area contributed by atoms with Gasteiger partial charge in [-0.05, 0) is 44.1 Å². The predicted molar refractivity (Wildman–Crippen MR) is 77.7 cm³/mol. The summed E-state index contributed by atoms with van der Waals surface area (Å²) in [5.41, 5.74) is 8.57. The van der Waals surface area contributed by atoms with Crippen molar-refractivity contribution in [3.63, 3.8) is 0 Å². The van der Waals surface area contributed by atoms with E-state index >= 15 is 0 Å². The Hall–Kier alpha value is -0.930. The largest absolute Gasteiger partial charge is 0.327 e. The number of aryl methyl sites for hydroxylation is 1. The van der Waals surface area contributed by atoms with Gasteiger partial charge in [-0.25, -0.2) is 0 Å². The topological polar surface area (TPSA) is 42.1 Å². The molecule has 0 aliphatic carbocycles. The third kappa shape index (κ3) is 5.15. The van der Waals surface area contributed by atoms with Crippen LogP contribution in [0.25, 0.3) is 0 Å². The molecule has 0 fully saturated rings. The average molecular weight is 249 g/mol. The highest BCUT2D eigenvalue weighted by atomic mass is 15.1. The van der Waals surface area contributed by atoms with E-state index in [2.05, 4.69) is 42.8 Å². The zero-order chi connectivity index (χ0) is 13.4. The van der Waals surface area contributed by atoms with E-state index in [1.807, 2.05) is 6.20 Å². The molecule has 102 valence electrons. The molecule has 0 aromatic carbocycles. The molecule has 0 bridgehead atoms. The van der Waals surface area contributed by atoms with Crippen LogP contribution in [-0.2, 0) is 12.8 Å². The lowest BCUT2D eigenvalue weighted by atomic mass is 10.1. The molecule has 18 heavy (non-hydrogen) atoms. The number of nitrogens with zero attached hydrogens (tertiary/aromatic N) is 2. The van der Waals surface area contributed by atoms with Crippen molar-refractivity contribution in [2.24, 2.45) is 5.73 Å². The average Bonchev–Trinajstić information content (AvgIpc) is 2.41. The fourth-order valence-corrected chi connectivity index (χ4v) is 2.04. The molecule has 1 unspecified atom stereocenters. The van der Waals surface area contributed by atoms with Crippen molar-refractivity contribution in [1.29, 1.82) is 0 Å². The van der Waals surface area contributed by atoms with Gasteiger partial charge in [0.1, 0.15) is 0 Å². The molecular formula is C15H27N3. The van der Waals surface area contributed by atoms with Crippen LogP contribution < -0.4 is 5.73 Å². The Kier molecular flexibility index (Phi) is 6.91. The SMILES string of the molecule is CCc1ccc(CC(N)CCN(CC)CC)nc1. The van der Waals surface area contributed by atoms with Crippen molar-refractivity contribution < 1.29 is 0 Å². The molecule has 3 nitrogen and oxygen atoms in total. The maximum Gasteiger partial charge on any atom is 0.0419 e. The smallest absolute Gasteiger partial charge is 0.0419 e. The Bertz CT molecular complexity index is 317. The van der Waals surface area contributed by atoms with Crippen LogP contribution in [0.15, 0.2) is 18.3 Å². The molecule has 0 saturated heterocycles. The Morgan fingerprint density at radius 1 is 1.22 bits per heavy atom. The van der Waals surface area contributed by atoms with Gasteiger partial charge in [-0.2, -0.15) is 0 Å². The molecule has 0 saturated carbocycles. The van der Waals surface area contributed by atoms with Crippen LogP contribution in [0.5, 0.6) is 0 Å². The Morgan fingerprint density at radius 3 is 2.44 bits per heavy atom. The van der Waals surface area contributed by atoms with Gasteiger partial charge >= 0.3 is 0 Å². The van der Waals surface area contributed by atoms with Crippen LogP contribution >= 0.6 is 0 Å². The van der Waals surface area contributed by atoms with Crippen molar-refractivity contribution >= 4 is 0 Å². The minimum absolute atomic E-state index is 0.213. The quantitative estimate of drug-likeness (QED) is 0.768. The summed E-state index contributed by atoms with van der Waals surface area (Å²) in [5.74, 6) is 0. The van der Waals surface area contributed by atoms with Crippen molar-refractivity contribution in [1.82, 2.24) is 9.88 Å². The van der Waals surface area contributed by atoms with Crippen molar-refractivity contribution in [2.75, 3.05) is 19.6 Å². The first kappa shape index (κ1) is 15.1. The fourth-order valence-electron chi connectivity index (χ4n) is 2.04. The van der Waals surface area contributed by atoms with Crippen molar-refractivity contribution in [2.45, 2.75) is 46.1 Å². The molecule has 1 aromatic heterocycles. The molecule has 0 spiro atoms. The number of pyridine rings is 1. The Balaban J connectivity index is 2.36. The van der Waals surface area contributed by atoms with Gasteiger partial charge in [-0.15, -0.1) is 0 Å². The van der Waals surface area contributed by atoms with Crippen LogP contribution in [0.3, 0.4) is 0 Å². The molecular weight excluding hydrogens is 222 g/mol. The second-order valence-electron chi connectivity index (χ2n) is 4.79.